The molecule has 1 aliphatic rings. The summed E-state index contributed by atoms with van der Waals surface area (Å²) < 4.78 is 39.9. The quantitative estimate of drug-likeness (QED) is 0.899. The van der Waals surface area contributed by atoms with Gasteiger partial charge in [0.25, 0.3) is 0 Å². The fourth-order valence-corrected chi connectivity index (χ4v) is 4.08. The fourth-order valence-electron chi connectivity index (χ4n) is 2.41. The van der Waals surface area contributed by atoms with Crippen molar-refractivity contribution in [2.24, 2.45) is 5.73 Å². The van der Waals surface area contributed by atoms with Gasteiger partial charge in [-0.25, -0.2) is 12.8 Å². The van der Waals surface area contributed by atoms with E-state index >= 15 is 0 Å². The van der Waals surface area contributed by atoms with Gasteiger partial charge in [-0.05, 0) is 44.4 Å². The molecular formula is C13H19FN2O2S. The molecule has 0 bridgehead atoms. The normalized spacial score (nSPS) is 25.5. The van der Waals surface area contributed by atoms with Crippen LogP contribution in [0.5, 0.6) is 0 Å². The van der Waals surface area contributed by atoms with Gasteiger partial charge < -0.3 is 5.73 Å². The van der Waals surface area contributed by atoms with Gasteiger partial charge >= 0.3 is 0 Å². The zero-order valence-electron chi connectivity index (χ0n) is 11.1. The highest BCUT2D eigenvalue weighted by atomic mass is 32.2. The Morgan fingerprint density at radius 3 is 2.68 bits per heavy atom. The molecule has 0 unspecified atom stereocenters. The molecule has 4 nitrogen and oxygen atoms in total. The molecule has 1 aromatic rings. The molecule has 0 spiro atoms. The van der Waals surface area contributed by atoms with E-state index in [1.807, 2.05) is 6.92 Å². The van der Waals surface area contributed by atoms with Gasteiger partial charge in [0.05, 0.1) is 4.90 Å². The van der Waals surface area contributed by atoms with Crippen molar-refractivity contribution in [2.75, 3.05) is 6.54 Å². The van der Waals surface area contributed by atoms with E-state index in [9.17, 15) is 12.8 Å². The second-order valence-electron chi connectivity index (χ2n) is 5.16. The van der Waals surface area contributed by atoms with E-state index in [0.717, 1.165) is 6.07 Å². The van der Waals surface area contributed by atoms with Gasteiger partial charge in [0, 0.05) is 18.6 Å². The number of nitrogens with two attached hydrogens (primary N) is 1. The van der Waals surface area contributed by atoms with E-state index in [1.165, 1.54) is 16.4 Å². The molecule has 19 heavy (non-hydrogen) atoms. The molecule has 1 aromatic carbocycles. The predicted octanol–water partition coefficient (Wildman–Crippen LogP) is 1.63. The number of hydrogen-bond donors (Lipinski definition) is 1. The number of sulfonamides is 1. The van der Waals surface area contributed by atoms with Crippen LogP contribution in [-0.4, -0.2) is 31.4 Å². The monoisotopic (exact) mass is 286 g/mol. The van der Waals surface area contributed by atoms with Gasteiger partial charge in [0.2, 0.25) is 10.0 Å². The minimum atomic E-state index is -3.64. The Labute approximate surface area is 113 Å². The Hall–Kier alpha value is -0.980. The van der Waals surface area contributed by atoms with E-state index in [4.69, 9.17) is 5.73 Å². The number of hydrogen-bond acceptors (Lipinski definition) is 3. The van der Waals surface area contributed by atoms with E-state index < -0.39 is 15.8 Å². The summed E-state index contributed by atoms with van der Waals surface area (Å²) in [4.78, 5) is 0.0120. The third-order valence-electron chi connectivity index (χ3n) is 3.61. The largest absolute Gasteiger partial charge is 0.328 e. The number of nitrogens with zero attached hydrogens (tertiary/aromatic N) is 1. The van der Waals surface area contributed by atoms with Crippen molar-refractivity contribution in [2.45, 2.75) is 43.7 Å². The van der Waals surface area contributed by atoms with Crippen LogP contribution in [-0.2, 0) is 10.0 Å². The molecule has 1 aliphatic heterocycles. The SMILES string of the molecule is Cc1ccc(S(=O)(=O)N2CC[C@@H](N)C[C@@H]2C)cc1F. The third kappa shape index (κ3) is 2.80. The number of benzene rings is 1. The number of piperidine rings is 1. The van der Waals surface area contributed by atoms with Crippen molar-refractivity contribution in [3.05, 3.63) is 29.6 Å². The van der Waals surface area contributed by atoms with Gasteiger partial charge in [-0.3, -0.25) is 0 Å². The van der Waals surface area contributed by atoms with Gasteiger partial charge in [-0.2, -0.15) is 4.31 Å². The number of rotatable bonds is 2. The molecule has 2 atom stereocenters. The summed E-state index contributed by atoms with van der Waals surface area (Å²) in [5.74, 6) is -0.498. The lowest BCUT2D eigenvalue weighted by Gasteiger charge is -2.35. The molecule has 0 saturated carbocycles. The molecule has 1 saturated heterocycles. The van der Waals surface area contributed by atoms with Crippen LogP contribution in [0.1, 0.15) is 25.3 Å². The zero-order chi connectivity index (χ0) is 14.2. The predicted molar refractivity (Wildman–Crippen MR) is 71.7 cm³/mol. The summed E-state index contributed by atoms with van der Waals surface area (Å²) in [7, 11) is -3.64. The van der Waals surface area contributed by atoms with Crippen molar-refractivity contribution in [3.8, 4) is 0 Å². The standard InChI is InChI=1S/C13H19FN2O2S/c1-9-3-4-12(8-13(9)14)19(17,18)16-6-5-11(15)7-10(16)2/h3-4,8,10-11H,5-7,15H2,1-2H3/t10-,11+/m0/s1. The van der Waals surface area contributed by atoms with Crippen LogP contribution in [0, 0.1) is 12.7 Å². The molecule has 1 heterocycles. The topological polar surface area (TPSA) is 63.4 Å². The molecule has 6 heteroatoms. The van der Waals surface area contributed by atoms with Gasteiger partial charge in [0.1, 0.15) is 5.82 Å². The van der Waals surface area contributed by atoms with E-state index in [2.05, 4.69) is 0 Å². The smallest absolute Gasteiger partial charge is 0.243 e. The highest BCUT2D eigenvalue weighted by molar-refractivity contribution is 7.89. The maximum atomic E-state index is 13.5. The second-order valence-corrected chi connectivity index (χ2v) is 7.05. The third-order valence-corrected chi connectivity index (χ3v) is 5.62. The van der Waals surface area contributed by atoms with Crippen LogP contribution in [0.4, 0.5) is 4.39 Å². The average Bonchev–Trinajstić information content (AvgIpc) is 2.32. The molecule has 2 N–H and O–H groups in total. The first-order valence-electron chi connectivity index (χ1n) is 6.36. The van der Waals surface area contributed by atoms with E-state index in [0.29, 0.717) is 24.9 Å². The number of halogens is 1. The number of aryl methyl sites for hydroxylation is 1. The Bertz CT molecular complexity index is 574. The van der Waals surface area contributed by atoms with Crippen molar-refractivity contribution in [3.63, 3.8) is 0 Å². The molecule has 0 radical (unpaired) electrons. The lowest BCUT2D eigenvalue weighted by atomic mass is 10.0. The molecular weight excluding hydrogens is 267 g/mol. The fraction of sp³-hybridized carbons (Fsp3) is 0.538. The van der Waals surface area contributed by atoms with E-state index in [1.54, 1.807) is 6.92 Å². The van der Waals surface area contributed by atoms with Crippen LogP contribution in [0.3, 0.4) is 0 Å². The molecule has 0 amide bonds. The summed E-state index contributed by atoms with van der Waals surface area (Å²) in [5, 5.41) is 0. The Balaban J connectivity index is 2.34. The van der Waals surface area contributed by atoms with Crippen LogP contribution < -0.4 is 5.73 Å². The molecule has 0 aliphatic carbocycles. The van der Waals surface area contributed by atoms with Crippen LogP contribution in [0.15, 0.2) is 23.1 Å². The van der Waals surface area contributed by atoms with Gasteiger partial charge in [0.15, 0.2) is 0 Å². The van der Waals surface area contributed by atoms with Gasteiger partial charge in [-0.15, -0.1) is 0 Å². The highest BCUT2D eigenvalue weighted by Crippen LogP contribution is 2.25. The Morgan fingerprint density at radius 1 is 1.42 bits per heavy atom. The van der Waals surface area contributed by atoms with E-state index in [-0.39, 0.29) is 17.0 Å². The summed E-state index contributed by atoms with van der Waals surface area (Å²) in [6.07, 6.45) is 1.27. The summed E-state index contributed by atoms with van der Waals surface area (Å²) in [5.41, 5.74) is 6.27. The lowest BCUT2D eigenvalue weighted by molar-refractivity contribution is 0.247. The van der Waals surface area contributed by atoms with Gasteiger partial charge in [-0.1, -0.05) is 6.07 Å². The summed E-state index contributed by atoms with van der Waals surface area (Å²) in [6.45, 7) is 3.83. The lowest BCUT2D eigenvalue weighted by Crippen LogP contribution is -2.48. The Morgan fingerprint density at radius 2 is 2.11 bits per heavy atom. The van der Waals surface area contributed by atoms with Crippen molar-refractivity contribution < 1.29 is 12.8 Å². The first-order chi connectivity index (χ1) is 8.82. The Kier molecular flexibility index (Phi) is 3.94. The summed E-state index contributed by atoms with van der Waals surface area (Å²) in [6, 6.07) is 3.91. The first kappa shape index (κ1) is 14.4. The average molecular weight is 286 g/mol. The maximum Gasteiger partial charge on any atom is 0.243 e. The maximum absolute atomic E-state index is 13.5. The van der Waals surface area contributed by atoms with Crippen molar-refractivity contribution in [1.29, 1.82) is 0 Å². The summed E-state index contributed by atoms with van der Waals surface area (Å²) >= 11 is 0. The van der Waals surface area contributed by atoms with Crippen molar-refractivity contribution in [1.82, 2.24) is 4.31 Å². The second kappa shape index (κ2) is 5.19. The van der Waals surface area contributed by atoms with Crippen LogP contribution in [0.25, 0.3) is 0 Å². The zero-order valence-corrected chi connectivity index (χ0v) is 12.0. The minimum absolute atomic E-state index is 0.0120. The van der Waals surface area contributed by atoms with Crippen LogP contribution >= 0.6 is 0 Å². The first-order valence-corrected chi connectivity index (χ1v) is 7.80. The molecule has 1 fully saturated rings. The van der Waals surface area contributed by atoms with Crippen LogP contribution in [0.2, 0.25) is 0 Å². The van der Waals surface area contributed by atoms with Crippen molar-refractivity contribution >= 4 is 10.0 Å². The minimum Gasteiger partial charge on any atom is -0.328 e. The molecule has 2 rings (SSSR count). The molecule has 106 valence electrons. The highest BCUT2D eigenvalue weighted by Gasteiger charge is 2.33. The molecule has 0 aromatic heterocycles.